The highest BCUT2D eigenvalue weighted by atomic mass is 16.6. The van der Waals surface area contributed by atoms with Crippen molar-refractivity contribution in [1.82, 2.24) is 5.32 Å². The molecule has 2 rings (SSSR count). The van der Waals surface area contributed by atoms with Crippen LogP contribution in [0.4, 0.5) is 4.79 Å². The Balaban J connectivity index is 0.000000165. The molecule has 0 atom stereocenters. The van der Waals surface area contributed by atoms with E-state index < -0.39 is 6.09 Å². The Morgan fingerprint density at radius 2 is 1.81 bits per heavy atom. The molecular weight excluding hydrogens is 206 g/mol. The first kappa shape index (κ1) is 12.2. The van der Waals surface area contributed by atoms with Crippen LogP contribution in [0.3, 0.4) is 0 Å². The maximum Gasteiger partial charge on any atom is 0.414 e. The predicted octanol–water partition coefficient (Wildman–Crippen LogP) is 1.86. The number of nitrogens with one attached hydrogen (secondary N) is 1. The lowest BCUT2D eigenvalue weighted by Gasteiger charge is -1.98. The second-order valence-electron chi connectivity index (χ2n) is 3.71. The molecule has 0 aromatic heterocycles. The molecule has 0 aliphatic carbocycles. The van der Waals surface area contributed by atoms with E-state index >= 15 is 0 Å². The molecule has 1 N–H and O–H groups in total. The number of carbonyl (C=O) groups excluding carboxylic acids is 2. The second-order valence-corrected chi connectivity index (χ2v) is 3.71. The van der Waals surface area contributed by atoms with Gasteiger partial charge in [-0.25, -0.2) is 4.79 Å². The molecule has 1 heterocycles. The largest absolute Gasteiger partial charge is 0.439 e. The summed E-state index contributed by atoms with van der Waals surface area (Å²) < 4.78 is 4.17. The Labute approximate surface area is 94.6 Å². The monoisotopic (exact) mass is 221 g/mol. The molecule has 2 amide bonds. The summed E-state index contributed by atoms with van der Waals surface area (Å²) in [7, 11) is 0. The molecular formula is C12H15NO3. The van der Waals surface area contributed by atoms with Crippen molar-refractivity contribution in [2.45, 2.75) is 20.8 Å². The van der Waals surface area contributed by atoms with Crippen molar-refractivity contribution in [1.29, 1.82) is 0 Å². The van der Waals surface area contributed by atoms with Crippen molar-refractivity contribution in [2.24, 2.45) is 0 Å². The molecule has 1 aliphatic rings. The van der Waals surface area contributed by atoms with Gasteiger partial charge < -0.3 is 4.74 Å². The summed E-state index contributed by atoms with van der Waals surface area (Å²) in [5, 5.41) is 1.92. The van der Waals surface area contributed by atoms with Gasteiger partial charge in [0.2, 0.25) is 0 Å². The molecule has 1 fully saturated rings. The van der Waals surface area contributed by atoms with Gasteiger partial charge in [0.05, 0.1) is 0 Å². The number of imide groups is 1. The molecule has 4 nitrogen and oxygen atoms in total. The van der Waals surface area contributed by atoms with Crippen molar-refractivity contribution in [3.8, 4) is 0 Å². The quantitative estimate of drug-likeness (QED) is 0.727. The van der Waals surface area contributed by atoms with Crippen LogP contribution in [0.5, 0.6) is 0 Å². The molecule has 16 heavy (non-hydrogen) atoms. The molecule has 0 bridgehead atoms. The first-order valence-electron chi connectivity index (χ1n) is 4.99. The number of rotatable bonds is 0. The number of amides is 2. The number of carbonyl (C=O) groups is 2. The molecule has 0 unspecified atom stereocenters. The summed E-state index contributed by atoms with van der Waals surface area (Å²) in [6, 6.07) is 6.50. The van der Waals surface area contributed by atoms with Gasteiger partial charge in [0.15, 0.2) is 6.61 Å². The number of benzene rings is 1. The lowest BCUT2D eigenvalue weighted by molar-refractivity contribution is -0.119. The van der Waals surface area contributed by atoms with Crippen molar-refractivity contribution in [2.75, 3.05) is 6.61 Å². The number of aryl methyl sites for hydroxylation is 3. The van der Waals surface area contributed by atoms with Crippen molar-refractivity contribution >= 4 is 12.0 Å². The van der Waals surface area contributed by atoms with Crippen LogP contribution in [-0.2, 0) is 9.53 Å². The van der Waals surface area contributed by atoms with Crippen LogP contribution in [0.1, 0.15) is 16.7 Å². The lowest BCUT2D eigenvalue weighted by Crippen LogP contribution is -2.18. The Morgan fingerprint density at radius 1 is 1.12 bits per heavy atom. The fourth-order valence-electron chi connectivity index (χ4n) is 1.21. The van der Waals surface area contributed by atoms with Gasteiger partial charge in [0.25, 0.3) is 5.91 Å². The van der Waals surface area contributed by atoms with Gasteiger partial charge >= 0.3 is 6.09 Å². The van der Waals surface area contributed by atoms with Gasteiger partial charge in [-0.2, -0.15) is 0 Å². The number of cyclic esters (lactones) is 1. The molecule has 86 valence electrons. The van der Waals surface area contributed by atoms with E-state index in [-0.39, 0.29) is 12.5 Å². The van der Waals surface area contributed by atoms with Gasteiger partial charge in [-0.3, -0.25) is 10.1 Å². The third kappa shape index (κ3) is 3.73. The fourth-order valence-corrected chi connectivity index (χ4v) is 1.21. The van der Waals surface area contributed by atoms with Crippen LogP contribution in [-0.4, -0.2) is 18.6 Å². The van der Waals surface area contributed by atoms with Crippen LogP contribution in [0.15, 0.2) is 18.2 Å². The maximum absolute atomic E-state index is 10.00. The van der Waals surface area contributed by atoms with E-state index in [1.165, 1.54) is 16.7 Å². The zero-order chi connectivity index (χ0) is 12.1. The van der Waals surface area contributed by atoms with E-state index in [4.69, 9.17) is 0 Å². The average Bonchev–Trinajstić information content (AvgIpc) is 2.58. The van der Waals surface area contributed by atoms with Gasteiger partial charge in [-0.1, -0.05) is 23.8 Å². The molecule has 0 saturated carbocycles. The van der Waals surface area contributed by atoms with E-state index in [1.807, 2.05) is 5.32 Å². The van der Waals surface area contributed by atoms with Crippen LogP contribution in [0.25, 0.3) is 0 Å². The minimum Gasteiger partial charge on any atom is -0.439 e. The highest BCUT2D eigenvalue weighted by Crippen LogP contribution is 2.07. The summed E-state index contributed by atoms with van der Waals surface area (Å²) in [6.07, 6.45) is -0.648. The third-order valence-corrected chi connectivity index (χ3v) is 2.24. The molecule has 1 saturated heterocycles. The van der Waals surface area contributed by atoms with Crippen molar-refractivity contribution < 1.29 is 14.3 Å². The SMILES string of the molecule is Cc1ccc(C)c(C)c1.O=C1COC(=O)N1. The molecule has 1 aromatic carbocycles. The van der Waals surface area contributed by atoms with Crippen LogP contribution in [0.2, 0.25) is 0 Å². The zero-order valence-corrected chi connectivity index (χ0v) is 9.66. The highest BCUT2D eigenvalue weighted by molar-refractivity contribution is 5.97. The molecule has 1 aliphatic heterocycles. The second kappa shape index (κ2) is 5.30. The Kier molecular flexibility index (Phi) is 4.05. The Morgan fingerprint density at radius 3 is 2.12 bits per heavy atom. The smallest absolute Gasteiger partial charge is 0.414 e. The summed E-state index contributed by atoms with van der Waals surface area (Å²) in [4.78, 5) is 19.9. The van der Waals surface area contributed by atoms with Gasteiger partial charge in [0, 0.05) is 0 Å². The standard InChI is InChI=1S/C9H12.C3H3NO3/c1-7-4-5-8(2)9(3)6-7;5-2-1-7-3(6)4-2/h4-6H,1-3H3;1H2,(H,4,5,6). The number of alkyl carbamates (subject to hydrolysis) is 1. The van der Waals surface area contributed by atoms with Gasteiger partial charge in [-0.05, 0) is 31.9 Å². The van der Waals surface area contributed by atoms with E-state index in [2.05, 4.69) is 43.7 Å². The number of ether oxygens (including phenoxy) is 1. The fraction of sp³-hybridized carbons (Fsp3) is 0.333. The number of hydrogen-bond acceptors (Lipinski definition) is 3. The molecule has 4 heteroatoms. The summed E-state index contributed by atoms with van der Waals surface area (Å²) >= 11 is 0. The molecule has 0 radical (unpaired) electrons. The Bertz CT molecular complexity index is 399. The Hall–Kier alpha value is -1.84. The first-order valence-corrected chi connectivity index (χ1v) is 4.99. The highest BCUT2D eigenvalue weighted by Gasteiger charge is 2.17. The van der Waals surface area contributed by atoms with Crippen LogP contribution < -0.4 is 5.32 Å². The van der Waals surface area contributed by atoms with E-state index in [0.717, 1.165) is 0 Å². The summed E-state index contributed by atoms with van der Waals surface area (Å²) in [6.45, 7) is 6.27. The normalized spacial score (nSPS) is 13.7. The van der Waals surface area contributed by atoms with Gasteiger partial charge in [-0.15, -0.1) is 0 Å². The minimum atomic E-state index is -0.648. The maximum atomic E-state index is 10.00. The predicted molar refractivity (Wildman–Crippen MR) is 60.1 cm³/mol. The summed E-state index contributed by atoms with van der Waals surface area (Å²) in [5.74, 6) is -0.370. The van der Waals surface area contributed by atoms with Crippen LogP contribution >= 0.6 is 0 Å². The van der Waals surface area contributed by atoms with E-state index in [0.29, 0.717) is 0 Å². The first-order chi connectivity index (χ1) is 7.49. The third-order valence-electron chi connectivity index (χ3n) is 2.24. The minimum absolute atomic E-state index is 0.126. The van der Waals surface area contributed by atoms with Gasteiger partial charge in [0.1, 0.15) is 0 Å². The van der Waals surface area contributed by atoms with Crippen LogP contribution in [0, 0.1) is 20.8 Å². The number of hydrogen-bond donors (Lipinski definition) is 1. The zero-order valence-electron chi connectivity index (χ0n) is 9.66. The molecule has 0 spiro atoms. The van der Waals surface area contributed by atoms with E-state index in [1.54, 1.807) is 0 Å². The summed E-state index contributed by atoms with van der Waals surface area (Å²) in [5.41, 5.74) is 4.11. The van der Waals surface area contributed by atoms with E-state index in [9.17, 15) is 9.59 Å². The van der Waals surface area contributed by atoms with Crippen molar-refractivity contribution in [3.63, 3.8) is 0 Å². The molecule has 1 aromatic rings. The topological polar surface area (TPSA) is 55.4 Å². The lowest BCUT2D eigenvalue weighted by atomic mass is 10.1. The average molecular weight is 221 g/mol. The van der Waals surface area contributed by atoms with Crippen molar-refractivity contribution in [3.05, 3.63) is 34.9 Å².